The van der Waals surface area contributed by atoms with Gasteiger partial charge in [0.05, 0.1) is 17.8 Å². The van der Waals surface area contributed by atoms with E-state index in [0.717, 1.165) is 0 Å². The summed E-state index contributed by atoms with van der Waals surface area (Å²) in [5.74, 6) is -4.21. The van der Waals surface area contributed by atoms with Crippen LogP contribution < -0.4 is 0 Å². The molecule has 0 bridgehead atoms. The molecule has 8 heteroatoms. The Labute approximate surface area is 137 Å². The molecule has 0 aliphatic rings. The predicted octanol–water partition coefficient (Wildman–Crippen LogP) is 3.86. The van der Waals surface area contributed by atoms with Crippen molar-refractivity contribution in [2.24, 2.45) is 17.8 Å². The van der Waals surface area contributed by atoms with Crippen LogP contribution in [0.4, 0.5) is 0 Å². The number of phosphoric ester groups is 1. The molecule has 0 fully saturated rings. The lowest BCUT2D eigenvalue weighted by Gasteiger charge is -2.20. The van der Waals surface area contributed by atoms with Crippen LogP contribution in [0.3, 0.4) is 0 Å². The standard InChI is InChI=1S/C15H27O7P/c1-7-10(4)13(16)20-23(19,21-14(17)11(5)8-2)22-15(18)12(6)9-3/h10-12H,7-9H2,1-6H3. The highest BCUT2D eigenvalue weighted by atomic mass is 31.2. The van der Waals surface area contributed by atoms with Gasteiger partial charge in [0.2, 0.25) is 0 Å². The fraction of sp³-hybridized carbons (Fsp3) is 0.800. The van der Waals surface area contributed by atoms with E-state index in [1.165, 1.54) is 0 Å². The van der Waals surface area contributed by atoms with Gasteiger partial charge >= 0.3 is 25.7 Å². The Hall–Kier alpha value is -1.36. The second-order valence-corrected chi connectivity index (χ2v) is 7.05. The van der Waals surface area contributed by atoms with Gasteiger partial charge < -0.3 is 13.6 Å². The SMILES string of the molecule is CCC(C)C(=O)OP(=O)(OC(=O)C(C)CC)OC(=O)C(C)CC. The van der Waals surface area contributed by atoms with E-state index in [2.05, 4.69) is 0 Å². The number of carbonyl (C=O) groups excluding carboxylic acids is 3. The molecule has 0 radical (unpaired) electrons. The van der Waals surface area contributed by atoms with Crippen molar-refractivity contribution in [2.45, 2.75) is 60.8 Å². The maximum atomic E-state index is 12.6. The van der Waals surface area contributed by atoms with Gasteiger partial charge in [-0.1, -0.05) is 41.5 Å². The first-order chi connectivity index (χ1) is 10.6. The summed E-state index contributed by atoms with van der Waals surface area (Å²) >= 11 is 0. The van der Waals surface area contributed by atoms with Crippen molar-refractivity contribution in [1.29, 1.82) is 0 Å². The van der Waals surface area contributed by atoms with Gasteiger partial charge in [-0.2, -0.15) is 4.57 Å². The van der Waals surface area contributed by atoms with E-state index in [9.17, 15) is 18.9 Å². The fourth-order valence-electron chi connectivity index (χ4n) is 1.16. The molecule has 0 saturated carbocycles. The Kier molecular flexibility index (Phi) is 9.13. The summed E-state index contributed by atoms with van der Waals surface area (Å²) in [4.78, 5) is 35.6. The van der Waals surface area contributed by atoms with Gasteiger partial charge in [0, 0.05) is 0 Å². The molecule has 0 amide bonds. The number of carbonyl (C=O) groups is 3. The number of phosphoric acid groups is 1. The topological polar surface area (TPSA) is 96.0 Å². The number of rotatable bonds is 9. The molecule has 0 aliphatic heterocycles. The lowest BCUT2D eigenvalue weighted by Crippen LogP contribution is -2.22. The van der Waals surface area contributed by atoms with Crippen molar-refractivity contribution < 1.29 is 32.5 Å². The molecular formula is C15H27O7P. The first-order valence-electron chi connectivity index (χ1n) is 7.90. The molecule has 0 aromatic carbocycles. The van der Waals surface area contributed by atoms with E-state index < -0.39 is 43.5 Å². The molecule has 3 unspecified atom stereocenters. The lowest BCUT2D eigenvalue weighted by molar-refractivity contribution is -0.149. The van der Waals surface area contributed by atoms with E-state index >= 15 is 0 Å². The summed E-state index contributed by atoms with van der Waals surface area (Å²) in [6.07, 6.45) is 1.33. The van der Waals surface area contributed by atoms with Crippen LogP contribution in [0.5, 0.6) is 0 Å². The van der Waals surface area contributed by atoms with Gasteiger partial charge in [-0.15, -0.1) is 0 Å². The van der Waals surface area contributed by atoms with E-state index in [0.29, 0.717) is 19.3 Å². The average Bonchev–Trinajstić information content (AvgIpc) is 2.51. The number of hydrogen-bond donors (Lipinski definition) is 0. The van der Waals surface area contributed by atoms with Gasteiger partial charge in [-0.05, 0) is 19.3 Å². The second-order valence-electron chi connectivity index (χ2n) is 5.61. The van der Waals surface area contributed by atoms with Crippen LogP contribution in [0, 0.1) is 17.8 Å². The summed E-state index contributed by atoms with van der Waals surface area (Å²) < 4.78 is 26.8. The van der Waals surface area contributed by atoms with Crippen molar-refractivity contribution in [2.75, 3.05) is 0 Å². The van der Waals surface area contributed by atoms with Gasteiger partial charge in [0.25, 0.3) is 0 Å². The van der Waals surface area contributed by atoms with Gasteiger partial charge in [0.15, 0.2) is 0 Å². The van der Waals surface area contributed by atoms with Crippen LogP contribution in [-0.2, 0) is 32.5 Å². The summed E-state index contributed by atoms with van der Waals surface area (Å²) in [6.45, 7) is 9.94. The van der Waals surface area contributed by atoms with Crippen LogP contribution in [0.1, 0.15) is 60.8 Å². The molecule has 0 aromatic rings. The van der Waals surface area contributed by atoms with E-state index in [1.54, 1.807) is 41.5 Å². The molecule has 0 saturated heterocycles. The molecule has 7 nitrogen and oxygen atoms in total. The zero-order chi connectivity index (χ0) is 18.2. The molecule has 0 rings (SSSR count). The molecule has 134 valence electrons. The van der Waals surface area contributed by atoms with Crippen LogP contribution >= 0.6 is 7.82 Å². The Morgan fingerprint density at radius 2 is 0.913 bits per heavy atom. The lowest BCUT2D eigenvalue weighted by atomic mass is 10.1. The molecule has 0 heterocycles. The Morgan fingerprint density at radius 1 is 0.696 bits per heavy atom. The van der Waals surface area contributed by atoms with Crippen molar-refractivity contribution >= 4 is 25.7 Å². The minimum absolute atomic E-state index is 0.442. The highest BCUT2D eigenvalue weighted by Gasteiger charge is 2.41. The Bertz CT molecular complexity index is 408. The number of hydrogen-bond acceptors (Lipinski definition) is 7. The molecule has 0 N–H and O–H groups in total. The van der Waals surface area contributed by atoms with Crippen LogP contribution in [0.2, 0.25) is 0 Å². The van der Waals surface area contributed by atoms with Crippen molar-refractivity contribution in [3.8, 4) is 0 Å². The zero-order valence-electron chi connectivity index (χ0n) is 14.7. The van der Waals surface area contributed by atoms with Crippen molar-refractivity contribution in [1.82, 2.24) is 0 Å². The predicted molar refractivity (Wildman–Crippen MR) is 84.2 cm³/mol. The van der Waals surface area contributed by atoms with Crippen LogP contribution in [0.15, 0.2) is 0 Å². The largest absolute Gasteiger partial charge is 0.653 e. The first kappa shape index (κ1) is 21.6. The highest BCUT2D eigenvalue weighted by molar-refractivity contribution is 7.50. The van der Waals surface area contributed by atoms with Crippen LogP contribution in [0.25, 0.3) is 0 Å². The highest BCUT2D eigenvalue weighted by Crippen LogP contribution is 2.51. The first-order valence-corrected chi connectivity index (χ1v) is 9.36. The van der Waals surface area contributed by atoms with Gasteiger partial charge in [-0.3, -0.25) is 14.4 Å². The third-order valence-electron chi connectivity index (χ3n) is 3.65. The molecule has 23 heavy (non-hydrogen) atoms. The third-order valence-corrected chi connectivity index (χ3v) is 4.86. The molecular weight excluding hydrogens is 323 g/mol. The van der Waals surface area contributed by atoms with Crippen molar-refractivity contribution in [3.63, 3.8) is 0 Å². The smallest absolute Gasteiger partial charge is 0.352 e. The van der Waals surface area contributed by atoms with Gasteiger partial charge in [-0.25, -0.2) is 0 Å². The molecule has 0 aromatic heterocycles. The Morgan fingerprint density at radius 3 is 1.09 bits per heavy atom. The second kappa shape index (κ2) is 9.71. The normalized spacial score (nSPS) is 17.3. The monoisotopic (exact) mass is 350 g/mol. The molecule has 3 atom stereocenters. The molecule has 0 spiro atoms. The maximum absolute atomic E-state index is 12.6. The third kappa shape index (κ3) is 7.16. The molecule has 0 aliphatic carbocycles. The van der Waals surface area contributed by atoms with E-state index in [-0.39, 0.29) is 0 Å². The summed E-state index contributed by atoms with van der Waals surface area (Å²) in [5.41, 5.74) is 0. The minimum Gasteiger partial charge on any atom is -0.352 e. The fourth-order valence-corrected chi connectivity index (χ4v) is 2.47. The zero-order valence-corrected chi connectivity index (χ0v) is 15.6. The minimum atomic E-state index is -4.64. The maximum Gasteiger partial charge on any atom is 0.653 e. The summed E-state index contributed by atoms with van der Waals surface area (Å²) in [7, 11) is -4.64. The van der Waals surface area contributed by atoms with Gasteiger partial charge in [0.1, 0.15) is 0 Å². The van der Waals surface area contributed by atoms with Crippen LogP contribution in [-0.4, -0.2) is 17.9 Å². The van der Waals surface area contributed by atoms with Crippen molar-refractivity contribution in [3.05, 3.63) is 0 Å². The average molecular weight is 350 g/mol. The van der Waals surface area contributed by atoms with E-state index in [4.69, 9.17) is 13.6 Å². The summed E-state index contributed by atoms with van der Waals surface area (Å²) in [6, 6.07) is 0. The Balaban J connectivity index is 5.26. The summed E-state index contributed by atoms with van der Waals surface area (Å²) in [5, 5.41) is 0. The van der Waals surface area contributed by atoms with E-state index in [1.807, 2.05) is 0 Å². The quantitative estimate of drug-likeness (QED) is 0.582.